The number of aliphatic imine (C=N–C) groups is 1. The Morgan fingerprint density at radius 2 is 2.06 bits per heavy atom. The third-order valence-electron chi connectivity index (χ3n) is 2.01. The van der Waals surface area contributed by atoms with Crippen LogP contribution in [0, 0.1) is 11.6 Å². The van der Waals surface area contributed by atoms with Crippen LogP contribution in [0.3, 0.4) is 0 Å². The summed E-state index contributed by atoms with van der Waals surface area (Å²) >= 11 is 0. The molecule has 0 heterocycles. The van der Waals surface area contributed by atoms with E-state index in [-0.39, 0.29) is 5.56 Å². The standard InChI is InChI=1S/C12H15F2NO/c1-12(2,8-16-3)15-7-9-4-5-10(13)6-11(9)14/h4-7H,8H2,1-3H3/b15-7+. The number of hydrogen-bond acceptors (Lipinski definition) is 2. The van der Waals surface area contributed by atoms with Crippen LogP contribution in [0.25, 0.3) is 0 Å². The zero-order chi connectivity index (χ0) is 12.2. The van der Waals surface area contributed by atoms with E-state index in [9.17, 15) is 8.78 Å². The van der Waals surface area contributed by atoms with Gasteiger partial charge in [-0.25, -0.2) is 8.78 Å². The molecule has 0 fully saturated rings. The minimum atomic E-state index is -0.614. The third kappa shape index (κ3) is 3.70. The molecule has 1 rings (SSSR count). The van der Waals surface area contributed by atoms with E-state index in [1.807, 2.05) is 13.8 Å². The first-order chi connectivity index (χ1) is 7.44. The Morgan fingerprint density at radius 3 is 2.62 bits per heavy atom. The molecule has 2 nitrogen and oxygen atoms in total. The second-order valence-electron chi connectivity index (χ2n) is 4.17. The summed E-state index contributed by atoms with van der Waals surface area (Å²) in [5, 5.41) is 0. The van der Waals surface area contributed by atoms with Gasteiger partial charge >= 0.3 is 0 Å². The highest BCUT2D eigenvalue weighted by Gasteiger charge is 2.14. The average molecular weight is 227 g/mol. The second kappa shape index (κ2) is 5.16. The minimum Gasteiger partial charge on any atom is -0.382 e. The average Bonchev–Trinajstić information content (AvgIpc) is 2.16. The van der Waals surface area contributed by atoms with Crippen LogP contribution in [0.5, 0.6) is 0 Å². The van der Waals surface area contributed by atoms with Crippen LogP contribution in [-0.2, 0) is 4.74 Å². The number of hydrogen-bond donors (Lipinski definition) is 0. The molecule has 0 atom stereocenters. The number of ether oxygens (including phenoxy) is 1. The quantitative estimate of drug-likeness (QED) is 0.725. The van der Waals surface area contributed by atoms with Crippen LogP contribution < -0.4 is 0 Å². The maximum Gasteiger partial charge on any atom is 0.134 e. The van der Waals surface area contributed by atoms with E-state index in [0.717, 1.165) is 6.07 Å². The summed E-state index contributed by atoms with van der Waals surface area (Å²) in [7, 11) is 1.58. The predicted molar refractivity (Wildman–Crippen MR) is 59.9 cm³/mol. The van der Waals surface area contributed by atoms with E-state index in [2.05, 4.69) is 4.99 Å². The number of rotatable bonds is 4. The second-order valence-corrected chi connectivity index (χ2v) is 4.17. The number of halogens is 2. The van der Waals surface area contributed by atoms with Gasteiger partial charge in [-0.2, -0.15) is 0 Å². The molecule has 0 aliphatic heterocycles. The lowest BCUT2D eigenvalue weighted by Crippen LogP contribution is -2.23. The predicted octanol–water partition coefficient (Wildman–Crippen LogP) is 2.81. The smallest absolute Gasteiger partial charge is 0.134 e. The fourth-order valence-corrected chi connectivity index (χ4v) is 1.24. The summed E-state index contributed by atoms with van der Waals surface area (Å²) in [6.07, 6.45) is 1.40. The van der Waals surface area contributed by atoms with Gasteiger partial charge in [0.1, 0.15) is 11.6 Å². The van der Waals surface area contributed by atoms with E-state index in [0.29, 0.717) is 6.61 Å². The van der Waals surface area contributed by atoms with Crippen molar-refractivity contribution in [2.24, 2.45) is 4.99 Å². The van der Waals surface area contributed by atoms with Gasteiger partial charge in [-0.15, -0.1) is 0 Å². The van der Waals surface area contributed by atoms with Crippen LogP contribution in [0.15, 0.2) is 23.2 Å². The highest BCUT2D eigenvalue weighted by atomic mass is 19.1. The third-order valence-corrected chi connectivity index (χ3v) is 2.01. The van der Waals surface area contributed by atoms with Gasteiger partial charge in [-0.05, 0) is 26.0 Å². The number of benzene rings is 1. The fourth-order valence-electron chi connectivity index (χ4n) is 1.24. The Labute approximate surface area is 94.0 Å². The first-order valence-electron chi connectivity index (χ1n) is 4.94. The number of nitrogens with zero attached hydrogens (tertiary/aromatic N) is 1. The topological polar surface area (TPSA) is 21.6 Å². The molecule has 16 heavy (non-hydrogen) atoms. The molecular formula is C12H15F2NO. The lowest BCUT2D eigenvalue weighted by Gasteiger charge is -2.17. The molecule has 0 aromatic heterocycles. The van der Waals surface area contributed by atoms with E-state index in [1.165, 1.54) is 18.3 Å². The lowest BCUT2D eigenvalue weighted by atomic mass is 10.1. The molecule has 0 saturated heterocycles. The maximum atomic E-state index is 13.2. The van der Waals surface area contributed by atoms with Crippen molar-refractivity contribution in [3.8, 4) is 0 Å². The van der Waals surface area contributed by atoms with Gasteiger partial charge in [0.05, 0.1) is 12.1 Å². The molecule has 0 saturated carbocycles. The Bertz CT molecular complexity index is 389. The van der Waals surface area contributed by atoms with Crippen LogP contribution in [0.1, 0.15) is 19.4 Å². The Kier molecular flexibility index (Phi) is 4.12. The normalized spacial score (nSPS) is 12.3. The van der Waals surface area contributed by atoms with Crippen molar-refractivity contribution in [3.63, 3.8) is 0 Å². The molecule has 1 aromatic rings. The Hall–Kier alpha value is -1.29. The van der Waals surface area contributed by atoms with Gasteiger partial charge in [-0.1, -0.05) is 0 Å². The lowest BCUT2D eigenvalue weighted by molar-refractivity contribution is 0.151. The fraction of sp³-hybridized carbons (Fsp3) is 0.417. The molecule has 4 heteroatoms. The molecular weight excluding hydrogens is 212 g/mol. The molecule has 0 radical (unpaired) electrons. The summed E-state index contributed by atoms with van der Waals surface area (Å²) in [5.41, 5.74) is -0.152. The van der Waals surface area contributed by atoms with Crippen molar-refractivity contribution in [1.82, 2.24) is 0 Å². The molecule has 0 bridgehead atoms. The monoisotopic (exact) mass is 227 g/mol. The van der Waals surface area contributed by atoms with Crippen molar-refractivity contribution in [2.45, 2.75) is 19.4 Å². The SMILES string of the molecule is COCC(C)(C)/N=C/c1ccc(F)cc1F. The van der Waals surface area contributed by atoms with Gasteiger partial charge < -0.3 is 4.74 Å². The van der Waals surface area contributed by atoms with Gasteiger partial charge in [0.15, 0.2) is 0 Å². The summed E-state index contributed by atoms with van der Waals surface area (Å²) in [6, 6.07) is 3.40. The summed E-state index contributed by atoms with van der Waals surface area (Å²) < 4.78 is 30.9. The zero-order valence-electron chi connectivity index (χ0n) is 9.63. The van der Waals surface area contributed by atoms with E-state index >= 15 is 0 Å². The van der Waals surface area contributed by atoms with E-state index < -0.39 is 17.2 Å². The molecule has 88 valence electrons. The minimum absolute atomic E-state index is 0.269. The van der Waals surface area contributed by atoms with Crippen molar-refractivity contribution < 1.29 is 13.5 Å². The van der Waals surface area contributed by atoms with Crippen LogP contribution in [-0.4, -0.2) is 25.5 Å². The van der Waals surface area contributed by atoms with Crippen molar-refractivity contribution in [3.05, 3.63) is 35.4 Å². The van der Waals surface area contributed by atoms with Crippen LogP contribution in [0.4, 0.5) is 8.78 Å². The molecule has 1 aromatic carbocycles. The Morgan fingerprint density at radius 1 is 1.38 bits per heavy atom. The Balaban J connectivity index is 2.84. The van der Waals surface area contributed by atoms with E-state index in [4.69, 9.17) is 4.74 Å². The maximum absolute atomic E-state index is 13.2. The zero-order valence-corrected chi connectivity index (χ0v) is 9.63. The largest absolute Gasteiger partial charge is 0.382 e. The number of methoxy groups -OCH3 is 1. The molecule has 0 unspecified atom stereocenters. The van der Waals surface area contributed by atoms with Crippen molar-refractivity contribution in [2.75, 3.05) is 13.7 Å². The summed E-state index contributed by atoms with van der Waals surface area (Å²) in [6.45, 7) is 4.18. The van der Waals surface area contributed by atoms with Gasteiger partial charge in [0.2, 0.25) is 0 Å². The highest BCUT2D eigenvalue weighted by molar-refractivity contribution is 5.80. The molecule has 0 N–H and O–H groups in total. The van der Waals surface area contributed by atoms with Crippen molar-refractivity contribution >= 4 is 6.21 Å². The van der Waals surface area contributed by atoms with Crippen LogP contribution in [0.2, 0.25) is 0 Å². The summed E-state index contributed by atoms with van der Waals surface area (Å²) in [4.78, 5) is 4.19. The first-order valence-corrected chi connectivity index (χ1v) is 4.94. The molecule has 0 spiro atoms. The first kappa shape index (κ1) is 12.8. The molecule has 0 amide bonds. The van der Waals surface area contributed by atoms with Gasteiger partial charge in [-0.3, -0.25) is 4.99 Å². The highest BCUT2D eigenvalue weighted by Crippen LogP contribution is 2.11. The summed E-state index contributed by atoms with van der Waals surface area (Å²) in [5.74, 6) is -1.21. The van der Waals surface area contributed by atoms with Gasteiger partial charge in [0, 0.05) is 25.0 Å². The van der Waals surface area contributed by atoms with Gasteiger partial charge in [0.25, 0.3) is 0 Å². The van der Waals surface area contributed by atoms with E-state index in [1.54, 1.807) is 7.11 Å². The van der Waals surface area contributed by atoms with Crippen LogP contribution >= 0.6 is 0 Å². The van der Waals surface area contributed by atoms with Crippen molar-refractivity contribution in [1.29, 1.82) is 0 Å². The molecule has 0 aliphatic carbocycles. The molecule has 0 aliphatic rings.